The molecule has 1 unspecified atom stereocenters. The molecule has 0 spiro atoms. The summed E-state index contributed by atoms with van der Waals surface area (Å²) in [6.07, 6.45) is -0.655. The number of halogens is 2. The van der Waals surface area contributed by atoms with Crippen LogP contribution in [0.15, 0.2) is 47.4 Å². The summed E-state index contributed by atoms with van der Waals surface area (Å²) in [5.74, 6) is -0.367. The molecule has 2 aromatic rings. The second-order valence-corrected chi connectivity index (χ2v) is 7.81. The molecule has 0 aromatic heterocycles. The maximum Gasteiger partial charge on any atom is 0.263 e. The molecule has 0 aliphatic rings. The normalized spacial score (nSPS) is 12.5. The number of carbonyl (C=O) groups excluding carboxylic acids is 1. The Morgan fingerprint density at radius 1 is 1.16 bits per heavy atom. The van der Waals surface area contributed by atoms with Crippen molar-refractivity contribution in [2.24, 2.45) is 0 Å². The van der Waals surface area contributed by atoms with E-state index >= 15 is 0 Å². The molecule has 0 bridgehead atoms. The van der Waals surface area contributed by atoms with Gasteiger partial charge in [0.05, 0.1) is 11.1 Å². The molecule has 134 valence electrons. The van der Waals surface area contributed by atoms with Crippen LogP contribution in [0.2, 0.25) is 10.0 Å². The lowest BCUT2D eigenvalue weighted by molar-refractivity contribution is 0.0924. The number of sulfonamides is 1. The molecule has 9 heteroatoms. The second kappa shape index (κ2) is 8.05. The van der Waals surface area contributed by atoms with E-state index < -0.39 is 16.1 Å². The van der Waals surface area contributed by atoms with Crippen LogP contribution in [0.5, 0.6) is 0 Å². The topological polar surface area (TPSA) is 95.5 Å². The largest absolute Gasteiger partial charge is 0.392 e. The molecule has 0 aliphatic heterocycles. The highest BCUT2D eigenvalue weighted by atomic mass is 35.5. The van der Waals surface area contributed by atoms with Crippen molar-refractivity contribution in [3.8, 4) is 0 Å². The number of hydrogen-bond acceptors (Lipinski definition) is 4. The highest BCUT2D eigenvalue weighted by Crippen LogP contribution is 2.26. The highest BCUT2D eigenvalue weighted by Gasteiger charge is 2.19. The van der Waals surface area contributed by atoms with E-state index in [1.54, 1.807) is 6.92 Å². The smallest absolute Gasteiger partial charge is 0.263 e. The van der Waals surface area contributed by atoms with Gasteiger partial charge in [-0.15, -0.1) is 0 Å². The van der Waals surface area contributed by atoms with Crippen LogP contribution >= 0.6 is 23.2 Å². The third kappa shape index (κ3) is 5.34. The van der Waals surface area contributed by atoms with Crippen LogP contribution in [-0.2, 0) is 10.0 Å². The van der Waals surface area contributed by atoms with Crippen LogP contribution in [0.3, 0.4) is 0 Å². The Balaban J connectivity index is 2.15. The SMILES string of the molecule is CC(O)CNC(=O)c1ccc(NS(=O)(=O)c2cc(Cl)ccc2Cl)cc1. The number of rotatable bonds is 6. The first-order valence-corrected chi connectivity index (χ1v) is 9.47. The lowest BCUT2D eigenvalue weighted by Gasteiger charge is -2.11. The Morgan fingerprint density at radius 3 is 2.40 bits per heavy atom. The molecule has 1 amide bonds. The van der Waals surface area contributed by atoms with Crippen LogP contribution in [0.4, 0.5) is 5.69 Å². The molecule has 0 fully saturated rings. The summed E-state index contributed by atoms with van der Waals surface area (Å²) in [6.45, 7) is 1.68. The van der Waals surface area contributed by atoms with Crippen molar-refractivity contribution in [2.45, 2.75) is 17.9 Å². The van der Waals surface area contributed by atoms with Gasteiger partial charge in [0, 0.05) is 22.8 Å². The molecule has 0 aliphatic carbocycles. The minimum Gasteiger partial charge on any atom is -0.392 e. The summed E-state index contributed by atoms with van der Waals surface area (Å²) in [4.78, 5) is 11.7. The summed E-state index contributed by atoms with van der Waals surface area (Å²) in [7, 11) is -3.92. The minimum absolute atomic E-state index is 0.0472. The summed E-state index contributed by atoms with van der Waals surface area (Å²) >= 11 is 11.7. The van der Waals surface area contributed by atoms with Gasteiger partial charge >= 0.3 is 0 Å². The van der Waals surface area contributed by atoms with Gasteiger partial charge in [0.25, 0.3) is 15.9 Å². The maximum absolute atomic E-state index is 12.4. The molecule has 3 N–H and O–H groups in total. The van der Waals surface area contributed by atoms with Gasteiger partial charge in [-0.3, -0.25) is 9.52 Å². The Morgan fingerprint density at radius 2 is 1.80 bits per heavy atom. The van der Waals surface area contributed by atoms with Crippen LogP contribution in [0, 0.1) is 0 Å². The molecular weight excluding hydrogens is 387 g/mol. The van der Waals surface area contributed by atoms with Crippen molar-refractivity contribution in [1.82, 2.24) is 5.32 Å². The minimum atomic E-state index is -3.92. The van der Waals surface area contributed by atoms with Gasteiger partial charge in [-0.05, 0) is 49.4 Å². The predicted octanol–water partition coefficient (Wildman–Crippen LogP) is 2.90. The summed E-state index contributed by atoms with van der Waals surface area (Å²) < 4.78 is 27.2. The molecule has 0 radical (unpaired) electrons. The van der Waals surface area contributed by atoms with E-state index in [9.17, 15) is 13.2 Å². The van der Waals surface area contributed by atoms with Gasteiger partial charge in [-0.1, -0.05) is 23.2 Å². The molecule has 25 heavy (non-hydrogen) atoms. The van der Waals surface area contributed by atoms with Gasteiger partial charge in [-0.2, -0.15) is 0 Å². The average molecular weight is 403 g/mol. The van der Waals surface area contributed by atoms with Crippen molar-refractivity contribution in [1.29, 1.82) is 0 Å². The summed E-state index contributed by atoms with van der Waals surface area (Å²) in [5, 5.41) is 12.0. The number of benzene rings is 2. The lowest BCUT2D eigenvalue weighted by atomic mass is 10.2. The summed E-state index contributed by atoms with van der Waals surface area (Å²) in [5.41, 5.74) is 0.604. The van der Waals surface area contributed by atoms with Crippen molar-refractivity contribution in [3.05, 3.63) is 58.1 Å². The van der Waals surface area contributed by atoms with Crippen molar-refractivity contribution < 1.29 is 18.3 Å². The van der Waals surface area contributed by atoms with Gasteiger partial charge < -0.3 is 10.4 Å². The van der Waals surface area contributed by atoms with E-state index in [4.69, 9.17) is 28.3 Å². The first kappa shape index (κ1) is 19.5. The Kier molecular flexibility index (Phi) is 6.29. The van der Waals surface area contributed by atoms with Crippen LogP contribution < -0.4 is 10.0 Å². The number of aliphatic hydroxyl groups is 1. The molecule has 2 rings (SSSR count). The van der Waals surface area contributed by atoms with E-state index in [-0.39, 0.29) is 33.1 Å². The van der Waals surface area contributed by atoms with E-state index in [0.717, 1.165) is 0 Å². The third-order valence-electron chi connectivity index (χ3n) is 3.14. The third-order valence-corrected chi connectivity index (χ3v) is 5.24. The number of amides is 1. The zero-order valence-electron chi connectivity index (χ0n) is 13.2. The van der Waals surface area contributed by atoms with Crippen molar-refractivity contribution in [2.75, 3.05) is 11.3 Å². The van der Waals surface area contributed by atoms with E-state index in [0.29, 0.717) is 5.56 Å². The fourth-order valence-electron chi connectivity index (χ4n) is 1.93. The molecule has 0 saturated heterocycles. The monoisotopic (exact) mass is 402 g/mol. The Labute approximate surface area is 155 Å². The van der Waals surface area contributed by atoms with Gasteiger partial charge in [0.15, 0.2) is 0 Å². The zero-order valence-corrected chi connectivity index (χ0v) is 15.5. The fourth-order valence-corrected chi connectivity index (χ4v) is 3.75. The Bertz CT molecular complexity index is 868. The maximum atomic E-state index is 12.4. The van der Waals surface area contributed by atoms with E-state index in [2.05, 4.69) is 10.0 Å². The fraction of sp³-hybridized carbons (Fsp3) is 0.188. The van der Waals surface area contributed by atoms with Crippen LogP contribution in [0.25, 0.3) is 0 Å². The van der Waals surface area contributed by atoms with Crippen molar-refractivity contribution in [3.63, 3.8) is 0 Å². The van der Waals surface area contributed by atoms with Gasteiger partial charge in [-0.25, -0.2) is 8.42 Å². The van der Waals surface area contributed by atoms with Gasteiger partial charge in [0.2, 0.25) is 0 Å². The molecular formula is C16H16Cl2N2O4S. The van der Waals surface area contributed by atoms with Gasteiger partial charge in [0.1, 0.15) is 4.90 Å². The first-order chi connectivity index (χ1) is 11.7. The first-order valence-electron chi connectivity index (χ1n) is 7.23. The molecule has 6 nitrogen and oxygen atoms in total. The quantitative estimate of drug-likeness (QED) is 0.691. The average Bonchev–Trinajstić information content (AvgIpc) is 2.55. The van der Waals surface area contributed by atoms with Crippen LogP contribution in [-0.4, -0.2) is 32.1 Å². The van der Waals surface area contributed by atoms with E-state index in [1.807, 2.05) is 0 Å². The number of anilines is 1. The molecule has 2 aromatic carbocycles. The molecule has 1 atom stereocenters. The zero-order chi connectivity index (χ0) is 18.6. The summed E-state index contributed by atoms with van der Waals surface area (Å²) in [6, 6.07) is 9.98. The number of carbonyl (C=O) groups is 1. The molecule has 0 heterocycles. The lowest BCUT2D eigenvalue weighted by Crippen LogP contribution is -2.30. The Hall–Kier alpha value is -1.80. The molecule has 0 saturated carbocycles. The standard InChI is InChI=1S/C16H16Cl2N2O4S/c1-10(21)9-19-16(22)11-2-5-13(6-3-11)20-25(23,24)15-8-12(17)4-7-14(15)18/h2-8,10,20-21H,9H2,1H3,(H,19,22). The number of nitrogens with one attached hydrogen (secondary N) is 2. The van der Waals surface area contributed by atoms with Crippen LogP contribution in [0.1, 0.15) is 17.3 Å². The predicted molar refractivity (Wildman–Crippen MR) is 97.7 cm³/mol. The number of hydrogen-bond donors (Lipinski definition) is 3. The van der Waals surface area contributed by atoms with Crippen molar-refractivity contribution >= 4 is 44.8 Å². The second-order valence-electron chi connectivity index (χ2n) is 5.32. The number of aliphatic hydroxyl groups excluding tert-OH is 1. The van der Waals surface area contributed by atoms with E-state index in [1.165, 1.54) is 42.5 Å². The highest BCUT2D eigenvalue weighted by molar-refractivity contribution is 7.92.